The second kappa shape index (κ2) is 8.83. The van der Waals surface area contributed by atoms with Crippen LogP contribution in [0.2, 0.25) is 0 Å². The van der Waals surface area contributed by atoms with Crippen LogP contribution in [0.25, 0.3) is 11.0 Å². The summed E-state index contributed by atoms with van der Waals surface area (Å²) in [5.74, 6) is 0.506. The van der Waals surface area contributed by atoms with Gasteiger partial charge in [-0.3, -0.25) is 14.2 Å². The van der Waals surface area contributed by atoms with Crippen LogP contribution in [-0.4, -0.2) is 38.9 Å². The molecule has 0 unspecified atom stereocenters. The van der Waals surface area contributed by atoms with Crippen molar-refractivity contribution in [1.29, 1.82) is 0 Å². The van der Waals surface area contributed by atoms with Gasteiger partial charge in [0.05, 0.1) is 26.4 Å². The Morgan fingerprint density at radius 1 is 1.16 bits per heavy atom. The number of methoxy groups -OCH3 is 1. The van der Waals surface area contributed by atoms with Gasteiger partial charge in [-0.2, -0.15) is 5.10 Å². The molecular weight excluding hydrogens is 394 g/mol. The van der Waals surface area contributed by atoms with Crippen LogP contribution in [0.5, 0.6) is 5.75 Å². The topological polar surface area (TPSA) is 91.0 Å². The van der Waals surface area contributed by atoms with Gasteiger partial charge in [0.2, 0.25) is 0 Å². The predicted molar refractivity (Wildman–Crippen MR) is 117 cm³/mol. The van der Waals surface area contributed by atoms with Gasteiger partial charge in [-0.1, -0.05) is 29.8 Å². The highest BCUT2D eigenvalue weighted by Crippen LogP contribution is 2.11. The monoisotopic (exact) mass is 417 g/mol. The fourth-order valence-electron chi connectivity index (χ4n) is 3.40. The molecule has 8 nitrogen and oxygen atoms in total. The molecule has 0 saturated heterocycles. The molecule has 1 amide bonds. The smallest absolute Gasteiger partial charge is 0.264 e. The fraction of sp³-hybridized carbons (Fsp3) is 0.217. The number of fused-ring (bicyclic) bond motifs is 1. The van der Waals surface area contributed by atoms with Crippen molar-refractivity contribution in [2.45, 2.75) is 20.0 Å². The van der Waals surface area contributed by atoms with Crippen molar-refractivity contribution in [2.75, 3.05) is 13.7 Å². The molecule has 0 saturated carbocycles. The van der Waals surface area contributed by atoms with Gasteiger partial charge in [-0.15, -0.1) is 0 Å². The number of ether oxygens (including phenoxy) is 1. The SMILES string of the molecule is COc1ccc(C(=O)NCCn2ncc3c(=O)n(Cc4cccc(C)c4)cnc32)cc1. The second-order valence-corrected chi connectivity index (χ2v) is 7.26. The van der Waals surface area contributed by atoms with Gasteiger partial charge in [0.25, 0.3) is 11.5 Å². The fourth-order valence-corrected chi connectivity index (χ4v) is 3.40. The van der Waals surface area contributed by atoms with Crippen LogP contribution < -0.4 is 15.6 Å². The van der Waals surface area contributed by atoms with E-state index in [-0.39, 0.29) is 11.5 Å². The Kier molecular flexibility index (Phi) is 5.79. The first-order chi connectivity index (χ1) is 15.0. The van der Waals surface area contributed by atoms with Gasteiger partial charge in [-0.05, 0) is 36.8 Å². The quantitative estimate of drug-likeness (QED) is 0.499. The zero-order valence-electron chi connectivity index (χ0n) is 17.4. The summed E-state index contributed by atoms with van der Waals surface area (Å²) < 4.78 is 8.30. The Bertz CT molecular complexity index is 1270. The number of amides is 1. The van der Waals surface area contributed by atoms with Crippen molar-refractivity contribution in [3.63, 3.8) is 0 Å². The third-order valence-electron chi connectivity index (χ3n) is 5.02. The second-order valence-electron chi connectivity index (χ2n) is 7.26. The first-order valence-electron chi connectivity index (χ1n) is 9.94. The molecule has 0 bridgehead atoms. The number of aryl methyl sites for hydroxylation is 1. The number of nitrogens with zero attached hydrogens (tertiary/aromatic N) is 4. The highest BCUT2D eigenvalue weighted by Gasteiger charge is 2.11. The van der Waals surface area contributed by atoms with Crippen LogP contribution >= 0.6 is 0 Å². The lowest BCUT2D eigenvalue weighted by atomic mass is 10.1. The molecule has 0 aliphatic carbocycles. The summed E-state index contributed by atoms with van der Waals surface area (Å²) in [6.45, 7) is 3.23. The summed E-state index contributed by atoms with van der Waals surface area (Å²) in [4.78, 5) is 29.6. The van der Waals surface area contributed by atoms with Gasteiger partial charge in [0.1, 0.15) is 17.5 Å². The summed E-state index contributed by atoms with van der Waals surface area (Å²) >= 11 is 0. The summed E-state index contributed by atoms with van der Waals surface area (Å²) in [6, 6.07) is 14.9. The lowest BCUT2D eigenvalue weighted by Crippen LogP contribution is -2.27. The molecule has 0 radical (unpaired) electrons. The maximum Gasteiger partial charge on any atom is 0.264 e. The van der Waals surface area contributed by atoms with Crippen LogP contribution in [0.4, 0.5) is 0 Å². The van der Waals surface area contributed by atoms with Crippen molar-refractivity contribution in [3.8, 4) is 5.75 Å². The van der Waals surface area contributed by atoms with Crippen LogP contribution in [0.15, 0.2) is 65.8 Å². The molecule has 8 heteroatoms. The number of hydrogen-bond donors (Lipinski definition) is 1. The van der Waals surface area contributed by atoms with Gasteiger partial charge >= 0.3 is 0 Å². The number of carbonyl (C=O) groups excluding carboxylic acids is 1. The van der Waals surface area contributed by atoms with Crippen LogP contribution in [0.3, 0.4) is 0 Å². The van der Waals surface area contributed by atoms with Crippen LogP contribution in [0, 0.1) is 6.92 Å². The average molecular weight is 417 g/mol. The minimum Gasteiger partial charge on any atom is -0.497 e. The van der Waals surface area contributed by atoms with Crippen LogP contribution in [-0.2, 0) is 13.1 Å². The lowest BCUT2D eigenvalue weighted by Gasteiger charge is -2.08. The summed E-state index contributed by atoms with van der Waals surface area (Å²) in [6.07, 6.45) is 3.07. The van der Waals surface area contributed by atoms with E-state index in [1.54, 1.807) is 47.0 Å². The van der Waals surface area contributed by atoms with Crippen molar-refractivity contribution in [3.05, 3.63) is 88.1 Å². The largest absolute Gasteiger partial charge is 0.497 e. The molecule has 31 heavy (non-hydrogen) atoms. The number of rotatable bonds is 7. The van der Waals surface area contributed by atoms with Gasteiger partial charge in [0, 0.05) is 12.1 Å². The number of aromatic nitrogens is 4. The highest BCUT2D eigenvalue weighted by molar-refractivity contribution is 5.94. The van der Waals surface area contributed by atoms with E-state index in [1.807, 2.05) is 31.2 Å². The lowest BCUT2D eigenvalue weighted by molar-refractivity contribution is 0.0952. The molecule has 0 fully saturated rings. The zero-order valence-corrected chi connectivity index (χ0v) is 17.4. The summed E-state index contributed by atoms with van der Waals surface area (Å²) in [5.41, 5.74) is 3.09. The Morgan fingerprint density at radius 2 is 1.97 bits per heavy atom. The standard InChI is InChI=1S/C23H23N5O3/c1-16-4-3-5-17(12-16)14-27-15-25-21-20(23(27)30)13-26-28(21)11-10-24-22(29)18-6-8-19(31-2)9-7-18/h3-9,12-13,15H,10-11,14H2,1-2H3,(H,24,29). The highest BCUT2D eigenvalue weighted by atomic mass is 16.5. The van der Waals surface area contributed by atoms with E-state index < -0.39 is 0 Å². The molecule has 1 N–H and O–H groups in total. The van der Waals surface area contributed by atoms with Crippen molar-refractivity contribution >= 4 is 16.9 Å². The predicted octanol–water partition coefficient (Wildman–Crippen LogP) is 2.39. The third-order valence-corrected chi connectivity index (χ3v) is 5.02. The molecule has 0 aliphatic rings. The summed E-state index contributed by atoms with van der Waals surface area (Å²) in [7, 11) is 1.58. The maximum absolute atomic E-state index is 12.8. The van der Waals surface area contributed by atoms with Crippen LogP contribution in [0.1, 0.15) is 21.5 Å². The van der Waals surface area contributed by atoms with E-state index in [0.717, 1.165) is 11.1 Å². The van der Waals surface area contributed by atoms with E-state index in [2.05, 4.69) is 15.4 Å². The van der Waals surface area contributed by atoms with Gasteiger partial charge in [-0.25, -0.2) is 9.67 Å². The number of carbonyl (C=O) groups is 1. The Balaban J connectivity index is 1.43. The van der Waals surface area contributed by atoms with Gasteiger partial charge in [0.15, 0.2) is 5.65 Å². The molecule has 4 aromatic rings. The van der Waals surface area contributed by atoms with E-state index in [0.29, 0.717) is 42.0 Å². The molecule has 0 atom stereocenters. The zero-order chi connectivity index (χ0) is 21.8. The van der Waals surface area contributed by atoms with E-state index in [9.17, 15) is 9.59 Å². The average Bonchev–Trinajstić information content (AvgIpc) is 3.19. The van der Waals surface area contributed by atoms with Crippen molar-refractivity contribution in [2.24, 2.45) is 0 Å². The Labute approximate surface area is 179 Å². The molecule has 0 aliphatic heterocycles. The van der Waals surface area contributed by atoms with Crippen molar-refractivity contribution in [1.82, 2.24) is 24.6 Å². The van der Waals surface area contributed by atoms with Gasteiger partial charge < -0.3 is 10.1 Å². The molecular formula is C23H23N5O3. The first kappa shape index (κ1) is 20.3. The molecule has 2 aromatic carbocycles. The van der Waals surface area contributed by atoms with E-state index >= 15 is 0 Å². The van der Waals surface area contributed by atoms with E-state index in [4.69, 9.17) is 4.74 Å². The third kappa shape index (κ3) is 4.48. The Morgan fingerprint density at radius 3 is 2.71 bits per heavy atom. The normalized spacial score (nSPS) is 10.9. The minimum atomic E-state index is -0.187. The molecule has 2 aromatic heterocycles. The Hall–Kier alpha value is -3.94. The first-order valence-corrected chi connectivity index (χ1v) is 9.94. The minimum absolute atomic E-state index is 0.139. The molecule has 2 heterocycles. The molecule has 0 spiro atoms. The van der Waals surface area contributed by atoms with Crippen molar-refractivity contribution < 1.29 is 9.53 Å². The maximum atomic E-state index is 12.8. The van der Waals surface area contributed by atoms with E-state index in [1.165, 1.54) is 6.20 Å². The number of hydrogen-bond acceptors (Lipinski definition) is 5. The number of benzene rings is 2. The molecule has 4 rings (SSSR count). The summed E-state index contributed by atoms with van der Waals surface area (Å²) in [5, 5.41) is 7.59. The number of nitrogens with one attached hydrogen (secondary N) is 1. The molecule has 158 valence electrons.